The van der Waals surface area contributed by atoms with Gasteiger partial charge in [-0.3, -0.25) is 0 Å². The van der Waals surface area contributed by atoms with E-state index in [1.165, 1.54) is 37.7 Å². The average Bonchev–Trinajstić information content (AvgIpc) is 2.46. The lowest BCUT2D eigenvalue weighted by atomic mass is 9.63. The molecule has 0 aromatic heterocycles. The van der Waals surface area contributed by atoms with Gasteiger partial charge in [-0.15, -0.1) is 0 Å². The highest BCUT2D eigenvalue weighted by molar-refractivity contribution is 5.14. The van der Waals surface area contributed by atoms with Crippen LogP contribution in [0.4, 0.5) is 0 Å². The first kappa shape index (κ1) is 10.2. The predicted octanol–water partition coefficient (Wildman–Crippen LogP) is 3.14. The van der Waals surface area contributed by atoms with Crippen molar-refractivity contribution in [2.24, 2.45) is 17.3 Å². The van der Waals surface area contributed by atoms with Crippen LogP contribution in [0, 0.1) is 17.3 Å². The molecule has 2 aliphatic carbocycles. The van der Waals surface area contributed by atoms with Crippen molar-refractivity contribution in [3.63, 3.8) is 0 Å². The Kier molecular flexibility index (Phi) is 2.70. The van der Waals surface area contributed by atoms with E-state index in [0.29, 0.717) is 12.0 Å². The van der Waals surface area contributed by atoms with Gasteiger partial charge in [-0.25, -0.2) is 0 Å². The summed E-state index contributed by atoms with van der Waals surface area (Å²) in [6.45, 7) is 7.02. The topological polar surface area (TPSA) is 20.2 Å². The Labute approximate surface area is 87.2 Å². The minimum Gasteiger partial charge on any atom is -0.396 e. The van der Waals surface area contributed by atoms with E-state index >= 15 is 0 Å². The van der Waals surface area contributed by atoms with Crippen LogP contribution in [0.15, 0.2) is 12.2 Å². The lowest BCUT2D eigenvalue weighted by molar-refractivity contribution is 0.111. The zero-order chi connectivity index (χ0) is 10.2. The lowest BCUT2D eigenvalue weighted by Gasteiger charge is -2.42. The first-order valence-electron chi connectivity index (χ1n) is 5.97. The van der Waals surface area contributed by atoms with E-state index in [-0.39, 0.29) is 0 Å². The van der Waals surface area contributed by atoms with Crippen molar-refractivity contribution < 1.29 is 5.11 Å². The molecule has 1 N–H and O–H groups in total. The molecule has 2 fully saturated rings. The van der Waals surface area contributed by atoms with Gasteiger partial charge >= 0.3 is 0 Å². The van der Waals surface area contributed by atoms with Gasteiger partial charge in [0.2, 0.25) is 0 Å². The average molecular weight is 194 g/mol. The number of hydrogen-bond acceptors (Lipinski definition) is 1. The normalized spacial score (nSPS) is 42.6. The summed E-state index contributed by atoms with van der Waals surface area (Å²) in [7, 11) is 0. The first-order valence-corrected chi connectivity index (χ1v) is 5.97. The summed E-state index contributed by atoms with van der Waals surface area (Å²) in [5.74, 6) is 1.50. The maximum atomic E-state index is 9.07. The van der Waals surface area contributed by atoms with E-state index in [2.05, 4.69) is 13.5 Å². The van der Waals surface area contributed by atoms with Crippen molar-refractivity contribution in [1.82, 2.24) is 0 Å². The Bertz CT molecular complexity index is 233. The number of aliphatic hydroxyl groups excluding tert-OH is 1. The maximum absolute atomic E-state index is 9.07. The molecular weight excluding hydrogens is 172 g/mol. The lowest BCUT2D eigenvalue weighted by Crippen LogP contribution is -2.33. The third kappa shape index (κ3) is 1.42. The van der Waals surface area contributed by atoms with Gasteiger partial charge in [-0.2, -0.15) is 0 Å². The maximum Gasteiger partial charge on any atom is 0.0433 e. The smallest absolute Gasteiger partial charge is 0.0433 e. The monoisotopic (exact) mass is 194 g/mol. The zero-order valence-corrected chi connectivity index (χ0v) is 9.26. The van der Waals surface area contributed by atoms with Gasteiger partial charge in [0.1, 0.15) is 0 Å². The quantitative estimate of drug-likeness (QED) is 0.670. The third-order valence-electron chi connectivity index (χ3n) is 4.72. The van der Waals surface area contributed by atoms with E-state index < -0.39 is 0 Å². The molecule has 80 valence electrons. The van der Waals surface area contributed by atoms with Gasteiger partial charge in [-0.1, -0.05) is 19.1 Å². The summed E-state index contributed by atoms with van der Waals surface area (Å²) < 4.78 is 0. The molecule has 0 aliphatic heterocycles. The Balaban J connectivity index is 2.16. The number of fused-ring (bicyclic) bond motifs is 1. The van der Waals surface area contributed by atoms with Crippen molar-refractivity contribution in [3.8, 4) is 0 Å². The fourth-order valence-corrected chi connectivity index (χ4v) is 3.86. The Morgan fingerprint density at radius 2 is 2.29 bits per heavy atom. The molecular formula is C13H22O. The minimum atomic E-state index is 0.361. The highest BCUT2D eigenvalue weighted by Crippen LogP contribution is 2.57. The second-order valence-corrected chi connectivity index (χ2v) is 5.36. The first-order chi connectivity index (χ1) is 6.68. The summed E-state index contributed by atoms with van der Waals surface area (Å²) in [6.07, 6.45) is 7.53. The standard InChI is InChI=1S/C13H22O/c1-10-4-3-8-13(2)11(7-9-14)5-6-12(10)13/h11-12,14H,1,3-9H2,2H3/t11?,12?,13-/m1/s1. The van der Waals surface area contributed by atoms with E-state index in [1.807, 2.05) is 0 Å². The van der Waals surface area contributed by atoms with Crippen LogP contribution in [-0.4, -0.2) is 11.7 Å². The molecule has 1 heteroatoms. The summed E-state index contributed by atoms with van der Waals surface area (Å²) in [5.41, 5.74) is 1.96. The second kappa shape index (κ2) is 3.69. The van der Waals surface area contributed by atoms with Crippen LogP contribution in [0.25, 0.3) is 0 Å². The predicted molar refractivity (Wildman–Crippen MR) is 59.0 cm³/mol. The van der Waals surface area contributed by atoms with Crippen molar-refractivity contribution >= 4 is 0 Å². The molecule has 0 radical (unpaired) electrons. The van der Waals surface area contributed by atoms with Crippen molar-refractivity contribution in [3.05, 3.63) is 12.2 Å². The van der Waals surface area contributed by atoms with Gasteiger partial charge < -0.3 is 5.11 Å². The van der Waals surface area contributed by atoms with Crippen LogP contribution in [0.3, 0.4) is 0 Å². The largest absolute Gasteiger partial charge is 0.396 e. The number of aliphatic hydroxyl groups is 1. The van der Waals surface area contributed by atoms with Crippen molar-refractivity contribution in [1.29, 1.82) is 0 Å². The van der Waals surface area contributed by atoms with Gasteiger partial charge in [0, 0.05) is 6.61 Å². The summed E-state index contributed by atoms with van der Waals surface area (Å²) >= 11 is 0. The third-order valence-corrected chi connectivity index (χ3v) is 4.72. The molecule has 2 unspecified atom stereocenters. The molecule has 0 spiro atoms. The molecule has 0 heterocycles. The molecule has 2 saturated carbocycles. The van der Waals surface area contributed by atoms with Crippen LogP contribution < -0.4 is 0 Å². The second-order valence-electron chi connectivity index (χ2n) is 5.36. The number of allylic oxidation sites excluding steroid dienone is 1. The molecule has 14 heavy (non-hydrogen) atoms. The molecule has 0 bridgehead atoms. The van der Waals surface area contributed by atoms with Crippen LogP contribution in [-0.2, 0) is 0 Å². The summed E-state index contributed by atoms with van der Waals surface area (Å²) in [6, 6.07) is 0. The molecule has 0 aromatic rings. The zero-order valence-electron chi connectivity index (χ0n) is 9.26. The fourth-order valence-electron chi connectivity index (χ4n) is 3.86. The van der Waals surface area contributed by atoms with Crippen LogP contribution in [0.1, 0.15) is 45.4 Å². The SMILES string of the molecule is C=C1CCC[C@]2(C)C(CCO)CCC12. The van der Waals surface area contributed by atoms with Crippen LogP contribution in [0.5, 0.6) is 0 Å². The molecule has 2 rings (SSSR count). The van der Waals surface area contributed by atoms with Gasteiger partial charge in [0.25, 0.3) is 0 Å². The molecule has 3 atom stereocenters. The van der Waals surface area contributed by atoms with Gasteiger partial charge in [-0.05, 0) is 55.8 Å². The Morgan fingerprint density at radius 3 is 3.00 bits per heavy atom. The molecule has 0 aromatic carbocycles. The van der Waals surface area contributed by atoms with E-state index in [1.54, 1.807) is 0 Å². The van der Waals surface area contributed by atoms with Crippen LogP contribution in [0.2, 0.25) is 0 Å². The number of rotatable bonds is 2. The van der Waals surface area contributed by atoms with E-state index in [9.17, 15) is 0 Å². The fraction of sp³-hybridized carbons (Fsp3) is 0.846. The Hall–Kier alpha value is -0.300. The van der Waals surface area contributed by atoms with Crippen molar-refractivity contribution in [2.45, 2.75) is 45.4 Å². The van der Waals surface area contributed by atoms with Crippen molar-refractivity contribution in [2.75, 3.05) is 6.61 Å². The minimum absolute atomic E-state index is 0.361. The molecule has 1 nitrogen and oxygen atoms in total. The number of hydrogen-bond donors (Lipinski definition) is 1. The highest BCUT2D eigenvalue weighted by Gasteiger charge is 2.48. The van der Waals surface area contributed by atoms with Crippen LogP contribution >= 0.6 is 0 Å². The summed E-state index contributed by atoms with van der Waals surface area (Å²) in [5, 5.41) is 9.07. The molecule has 0 amide bonds. The molecule has 0 saturated heterocycles. The highest BCUT2D eigenvalue weighted by atomic mass is 16.3. The van der Waals surface area contributed by atoms with Gasteiger partial charge in [0.05, 0.1) is 0 Å². The van der Waals surface area contributed by atoms with E-state index in [4.69, 9.17) is 5.11 Å². The summed E-state index contributed by atoms with van der Waals surface area (Å²) in [4.78, 5) is 0. The Morgan fingerprint density at radius 1 is 1.50 bits per heavy atom. The van der Waals surface area contributed by atoms with E-state index in [0.717, 1.165) is 18.3 Å². The molecule has 2 aliphatic rings. The van der Waals surface area contributed by atoms with Gasteiger partial charge in [0.15, 0.2) is 0 Å².